The van der Waals surface area contributed by atoms with E-state index >= 15 is 0 Å². The van der Waals surface area contributed by atoms with Gasteiger partial charge >= 0.3 is 5.97 Å². The topological polar surface area (TPSA) is 89.9 Å². The molecule has 16 heavy (non-hydrogen) atoms. The number of carbonyl (C=O) groups is 2. The highest BCUT2D eigenvalue weighted by Crippen LogP contribution is 2.14. The van der Waals surface area contributed by atoms with Crippen LogP contribution in [0.4, 0.5) is 0 Å². The molecule has 1 aliphatic rings. The average molecular weight is 230 g/mol. The molecule has 0 spiro atoms. The largest absolute Gasteiger partial charge is 0.480 e. The van der Waals surface area contributed by atoms with E-state index in [1.807, 2.05) is 11.9 Å². The molecule has 0 aromatic rings. The minimum Gasteiger partial charge on any atom is -0.480 e. The Morgan fingerprint density at radius 3 is 2.69 bits per heavy atom. The van der Waals surface area contributed by atoms with Crippen molar-refractivity contribution in [2.75, 3.05) is 26.7 Å². The number of aliphatic carboxylic acids is 1. The Balaban J connectivity index is 2.45. The fourth-order valence-corrected chi connectivity index (χ4v) is 1.83. The third-order valence-electron chi connectivity index (χ3n) is 2.79. The van der Waals surface area contributed by atoms with Gasteiger partial charge in [0.1, 0.15) is 6.04 Å². The Morgan fingerprint density at radius 2 is 2.25 bits per heavy atom. The van der Waals surface area contributed by atoms with E-state index in [1.165, 1.54) is 0 Å². The standard InChI is InChI=1S/C10H18N2O4/c1-12-4-2-7(6-12)9(14)11-8(3-5-13)10(15)16/h7-8,13H,2-6H2,1H3,(H,11,14)(H,15,16)/t7?,8-/m1/s1. The summed E-state index contributed by atoms with van der Waals surface area (Å²) < 4.78 is 0. The summed E-state index contributed by atoms with van der Waals surface area (Å²) in [6, 6.07) is -0.983. The number of hydrogen-bond donors (Lipinski definition) is 3. The van der Waals surface area contributed by atoms with Gasteiger partial charge in [-0.25, -0.2) is 4.79 Å². The quantitative estimate of drug-likeness (QED) is 0.557. The first-order valence-corrected chi connectivity index (χ1v) is 5.37. The highest BCUT2D eigenvalue weighted by atomic mass is 16.4. The van der Waals surface area contributed by atoms with Crippen LogP contribution in [0.2, 0.25) is 0 Å². The summed E-state index contributed by atoms with van der Waals surface area (Å²) >= 11 is 0. The minimum absolute atomic E-state index is 0.0453. The van der Waals surface area contributed by atoms with Crippen LogP contribution in [0.3, 0.4) is 0 Å². The number of carboxylic acids is 1. The van der Waals surface area contributed by atoms with E-state index in [0.29, 0.717) is 6.54 Å². The number of likely N-dealkylation sites (tertiary alicyclic amines) is 1. The zero-order valence-corrected chi connectivity index (χ0v) is 9.35. The molecule has 3 N–H and O–H groups in total. The van der Waals surface area contributed by atoms with E-state index in [4.69, 9.17) is 10.2 Å². The van der Waals surface area contributed by atoms with Crippen molar-refractivity contribution in [3.8, 4) is 0 Å². The summed E-state index contributed by atoms with van der Waals surface area (Å²) in [6.07, 6.45) is 0.803. The van der Waals surface area contributed by atoms with Crippen molar-refractivity contribution in [1.82, 2.24) is 10.2 Å². The van der Waals surface area contributed by atoms with Crippen LogP contribution in [-0.2, 0) is 9.59 Å². The van der Waals surface area contributed by atoms with Gasteiger partial charge in [0, 0.05) is 19.6 Å². The normalized spacial score (nSPS) is 23.0. The van der Waals surface area contributed by atoms with Gasteiger partial charge in [0.15, 0.2) is 0 Å². The molecule has 0 aromatic carbocycles. The zero-order valence-electron chi connectivity index (χ0n) is 9.35. The van der Waals surface area contributed by atoms with Gasteiger partial charge in [-0.2, -0.15) is 0 Å². The molecule has 1 fully saturated rings. The molecule has 0 saturated carbocycles. The fraction of sp³-hybridized carbons (Fsp3) is 0.800. The Labute approximate surface area is 94.2 Å². The first-order valence-electron chi connectivity index (χ1n) is 5.37. The summed E-state index contributed by atoms with van der Waals surface area (Å²) in [5.74, 6) is -1.47. The summed E-state index contributed by atoms with van der Waals surface area (Å²) in [7, 11) is 1.93. The smallest absolute Gasteiger partial charge is 0.326 e. The molecule has 6 nitrogen and oxygen atoms in total. The van der Waals surface area contributed by atoms with E-state index in [2.05, 4.69) is 5.32 Å². The number of nitrogens with zero attached hydrogens (tertiary/aromatic N) is 1. The van der Waals surface area contributed by atoms with Crippen molar-refractivity contribution in [2.45, 2.75) is 18.9 Å². The molecule has 6 heteroatoms. The van der Waals surface area contributed by atoms with Gasteiger partial charge in [-0.3, -0.25) is 4.79 Å². The van der Waals surface area contributed by atoms with Gasteiger partial charge in [0.05, 0.1) is 5.92 Å². The predicted molar refractivity (Wildman–Crippen MR) is 56.9 cm³/mol. The molecule has 0 aromatic heterocycles. The van der Waals surface area contributed by atoms with Crippen LogP contribution in [0.1, 0.15) is 12.8 Å². The predicted octanol–water partition coefficient (Wildman–Crippen LogP) is -1.11. The van der Waals surface area contributed by atoms with E-state index in [0.717, 1.165) is 13.0 Å². The Hall–Kier alpha value is -1.14. The summed E-state index contributed by atoms with van der Waals surface area (Å²) in [5.41, 5.74) is 0. The molecule has 1 aliphatic heterocycles. The van der Waals surface area contributed by atoms with Crippen molar-refractivity contribution in [1.29, 1.82) is 0 Å². The lowest BCUT2D eigenvalue weighted by Crippen LogP contribution is -2.44. The Morgan fingerprint density at radius 1 is 1.56 bits per heavy atom. The number of hydrogen-bond acceptors (Lipinski definition) is 4. The average Bonchev–Trinajstić information content (AvgIpc) is 2.64. The molecule has 1 saturated heterocycles. The first kappa shape index (κ1) is 12.9. The maximum absolute atomic E-state index is 11.7. The zero-order chi connectivity index (χ0) is 12.1. The second kappa shape index (κ2) is 5.81. The van der Waals surface area contributed by atoms with Gasteiger partial charge in [-0.1, -0.05) is 0 Å². The molecule has 1 rings (SSSR count). The lowest BCUT2D eigenvalue weighted by Gasteiger charge is -2.16. The molecule has 1 unspecified atom stereocenters. The number of aliphatic hydroxyl groups excluding tert-OH is 1. The van der Waals surface area contributed by atoms with Gasteiger partial charge in [-0.15, -0.1) is 0 Å². The molecule has 92 valence electrons. The number of rotatable bonds is 5. The molecule has 0 aliphatic carbocycles. The van der Waals surface area contributed by atoms with Crippen LogP contribution >= 0.6 is 0 Å². The second-order valence-electron chi connectivity index (χ2n) is 4.16. The maximum Gasteiger partial charge on any atom is 0.326 e. The Bertz CT molecular complexity index is 270. The molecular formula is C10H18N2O4. The fourth-order valence-electron chi connectivity index (χ4n) is 1.83. The Kier molecular flexibility index (Phi) is 4.70. The number of aliphatic hydroxyl groups is 1. The molecular weight excluding hydrogens is 212 g/mol. The van der Waals surface area contributed by atoms with Crippen LogP contribution in [0.5, 0.6) is 0 Å². The van der Waals surface area contributed by atoms with Crippen LogP contribution in [0, 0.1) is 5.92 Å². The third kappa shape index (κ3) is 3.46. The summed E-state index contributed by atoms with van der Waals surface area (Å²) in [6.45, 7) is 1.27. The monoisotopic (exact) mass is 230 g/mol. The second-order valence-corrected chi connectivity index (χ2v) is 4.16. The SMILES string of the molecule is CN1CCC(C(=O)N[C@H](CCO)C(=O)O)C1. The number of amides is 1. The van der Waals surface area contributed by atoms with E-state index in [-0.39, 0.29) is 24.9 Å². The molecule has 0 radical (unpaired) electrons. The van der Waals surface area contributed by atoms with Gasteiger partial charge in [0.25, 0.3) is 0 Å². The lowest BCUT2D eigenvalue weighted by atomic mass is 10.1. The van der Waals surface area contributed by atoms with E-state index in [1.54, 1.807) is 0 Å². The molecule has 1 heterocycles. The highest BCUT2D eigenvalue weighted by molar-refractivity contribution is 5.85. The van der Waals surface area contributed by atoms with Gasteiger partial charge < -0.3 is 20.4 Å². The summed E-state index contributed by atoms with van der Waals surface area (Å²) in [5, 5.41) is 19.9. The highest BCUT2D eigenvalue weighted by Gasteiger charge is 2.29. The van der Waals surface area contributed by atoms with Crippen LogP contribution in [-0.4, -0.2) is 59.8 Å². The van der Waals surface area contributed by atoms with Crippen molar-refractivity contribution in [3.05, 3.63) is 0 Å². The first-order chi connectivity index (χ1) is 7.54. The molecule has 2 atom stereocenters. The molecule has 1 amide bonds. The minimum atomic E-state index is -1.10. The van der Waals surface area contributed by atoms with Crippen LogP contribution in [0.15, 0.2) is 0 Å². The van der Waals surface area contributed by atoms with Crippen LogP contribution < -0.4 is 5.32 Å². The number of carbonyl (C=O) groups excluding carboxylic acids is 1. The van der Waals surface area contributed by atoms with Crippen LogP contribution in [0.25, 0.3) is 0 Å². The van der Waals surface area contributed by atoms with Crippen molar-refractivity contribution >= 4 is 11.9 Å². The molecule has 0 bridgehead atoms. The lowest BCUT2D eigenvalue weighted by molar-refractivity contribution is -0.142. The van der Waals surface area contributed by atoms with Crippen molar-refractivity contribution in [3.63, 3.8) is 0 Å². The summed E-state index contributed by atoms with van der Waals surface area (Å²) in [4.78, 5) is 24.5. The van der Waals surface area contributed by atoms with E-state index in [9.17, 15) is 9.59 Å². The van der Waals surface area contributed by atoms with E-state index < -0.39 is 12.0 Å². The maximum atomic E-state index is 11.7. The van der Waals surface area contributed by atoms with Crippen molar-refractivity contribution in [2.24, 2.45) is 5.92 Å². The van der Waals surface area contributed by atoms with Gasteiger partial charge in [-0.05, 0) is 20.0 Å². The van der Waals surface area contributed by atoms with Gasteiger partial charge in [0.2, 0.25) is 5.91 Å². The van der Waals surface area contributed by atoms with Crippen molar-refractivity contribution < 1.29 is 19.8 Å². The number of nitrogens with one attached hydrogen (secondary N) is 1. The third-order valence-corrected chi connectivity index (χ3v) is 2.79. The number of carboxylic acid groups (broad SMARTS) is 1.